The molecule has 15 heavy (non-hydrogen) atoms. The number of hydrogen-bond donors (Lipinski definition) is 0. The van der Waals surface area contributed by atoms with Gasteiger partial charge < -0.3 is 0 Å². The summed E-state index contributed by atoms with van der Waals surface area (Å²) in [5.41, 5.74) is 1.10. The van der Waals surface area contributed by atoms with Gasteiger partial charge in [0.25, 0.3) is 5.95 Å². The van der Waals surface area contributed by atoms with Gasteiger partial charge in [0.2, 0.25) is 0 Å². The van der Waals surface area contributed by atoms with Crippen LogP contribution in [0.3, 0.4) is 0 Å². The molecule has 2 heterocycles. The second kappa shape index (κ2) is 3.94. The highest BCUT2D eigenvalue weighted by Crippen LogP contribution is 2.07. The average molecular weight is 311 g/mol. The van der Waals surface area contributed by atoms with Gasteiger partial charge in [0.1, 0.15) is 11.8 Å². The third kappa shape index (κ3) is 2.12. The van der Waals surface area contributed by atoms with E-state index in [0.717, 1.165) is 9.26 Å². The van der Waals surface area contributed by atoms with Gasteiger partial charge in [0.05, 0.1) is 9.77 Å². The molecule has 5 nitrogen and oxygen atoms in total. The van der Waals surface area contributed by atoms with Gasteiger partial charge in [-0.3, -0.25) is 0 Å². The van der Waals surface area contributed by atoms with Gasteiger partial charge in [0, 0.05) is 11.9 Å². The molecule has 0 spiro atoms. The second-order valence-corrected chi connectivity index (χ2v) is 4.16. The summed E-state index contributed by atoms with van der Waals surface area (Å²) >= 11 is 2.15. The molecule has 0 N–H and O–H groups in total. The van der Waals surface area contributed by atoms with Crippen molar-refractivity contribution in [2.45, 2.75) is 6.92 Å². The van der Waals surface area contributed by atoms with Crippen molar-refractivity contribution in [3.63, 3.8) is 0 Å². The third-order valence-electron chi connectivity index (χ3n) is 1.71. The molecule has 2 aromatic heterocycles. The zero-order chi connectivity index (χ0) is 10.8. The van der Waals surface area contributed by atoms with Crippen LogP contribution in [0.5, 0.6) is 0 Å². The summed E-state index contributed by atoms with van der Waals surface area (Å²) in [5, 5.41) is 12.8. The molecule has 0 aliphatic heterocycles. The van der Waals surface area contributed by atoms with E-state index in [9.17, 15) is 0 Å². The Morgan fingerprint density at radius 1 is 1.47 bits per heavy atom. The number of rotatable bonds is 1. The monoisotopic (exact) mass is 311 g/mol. The highest BCUT2D eigenvalue weighted by molar-refractivity contribution is 14.1. The molecule has 0 fully saturated rings. The molecule has 74 valence electrons. The molecule has 0 unspecified atom stereocenters. The Bertz CT molecular complexity index is 540. The number of aromatic nitrogens is 4. The molecule has 0 saturated heterocycles. The highest BCUT2D eigenvalue weighted by Gasteiger charge is 2.05. The third-order valence-corrected chi connectivity index (χ3v) is 2.27. The van der Waals surface area contributed by atoms with Crippen LogP contribution >= 0.6 is 22.6 Å². The predicted octanol–water partition coefficient (Wildman–Crippen LogP) is 1.45. The molecule has 0 saturated carbocycles. The summed E-state index contributed by atoms with van der Waals surface area (Å²) in [5.74, 6) is 0.425. The van der Waals surface area contributed by atoms with Crippen LogP contribution in [-0.2, 0) is 0 Å². The van der Waals surface area contributed by atoms with Gasteiger partial charge in [-0.25, -0.2) is 14.6 Å². The van der Waals surface area contributed by atoms with Crippen molar-refractivity contribution >= 4 is 22.6 Å². The van der Waals surface area contributed by atoms with Crippen molar-refractivity contribution in [2.75, 3.05) is 0 Å². The molecule has 2 rings (SSSR count). The fraction of sp³-hybridized carbons (Fsp3) is 0.111. The van der Waals surface area contributed by atoms with Crippen LogP contribution in [0.25, 0.3) is 5.95 Å². The Morgan fingerprint density at radius 3 is 2.87 bits per heavy atom. The van der Waals surface area contributed by atoms with E-state index >= 15 is 0 Å². The van der Waals surface area contributed by atoms with Crippen LogP contribution in [0.4, 0.5) is 0 Å². The molecule has 0 amide bonds. The first-order valence-electron chi connectivity index (χ1n) is 4.15. The molecule has 6 heteroatoms. The number of nitrogens with zero attached hydrogens (tertiary/aromatic N) is 5. The van der Waals surface area contributed by atoms with Crippen molar-refractivity contribution in [2.24, 2.45) is 0 Å². The summed E-state index contributed by atoms with van der Waals surface area (Å²) in [6.07, 6.45) is 3.51. The fourth-order valence-electron chi connectivity index (χ4n) is 1.12. The lowest BCUT2D eigenvalue weighted by Crippen LogP contribution is -2.04. The molecule has 0 aliphatic carbocycles. The molecule has 0 aliphatic rings. The van der Waals surface area contributed by atoms with Crippen molar-refractivity contribution < 1.29 is 0 Å². The van der Waals surface area contributed by atoms with E-state index in [4.69, 9.17) is 5.26 Å². The van der Waals surface area contributed by atoms with Crippen LogP contribution in [0.15, 0.2) is 18.5 Å². The topological polar surface area (TPSA) is 67.4 Å². The van der Waals surface area contributed by atoms with E-state index in [0.29, 0.717) is 11.6 Å². The molecule has 0 radical (unpaired) electrons. The normalized spacial score (nSPS) is 9.93. The molecule has 0 atom stereocenters. The lowest BCUT2D eigenvalue weighted by Gasteiger charge is -2.00. The summed E-state index contributed by atoms with van der Waals surface area (Å²) in [7, 11) is 0. The predicted molar refractivity (Wildman–Crippen MR) is 61.3 cm³/mol. The zero-order valence-corrected chi connectivity index (χ0v) is 10.0. The number of halogens is 1. The summed E-state index contributed by atoms with van der Waals surface area (Å²) < 4.78 is 2.55. The van der Waals surface area contributed by atoms with Crippen molar-refractivity contribution in [3.8, 4) is 12.0 Å². The smallest absolute Gasteiger partial charge is 0.216 e. The molecule has 0 aromatic carbocycles. The van der Waals surface area contributed by atoms with Crippen LogP contribution in [0.1, 0.15) is 11.4 Å². The van der Waals surface area contributed by atoms with Crippen LogP contribution in [0.2, 0.25) is 0 Å². The largest absolute Gasteiger partial charge is 0.252 e. The van der Waals surface area contributed by atoms with E-state index in [1.807, 2.05) is 13.0 Å². The Morgan fingerprint density at radius 2 is 2.27 bits per heavy atom. The SMILES string of the molecule is Cc1cc(C#N)nc(-n2cc(I)cn2)n1. The number of hydrogen-bond acceptors (Lipinski definition) is 4. The number of aryl methyl sites for hydroxylation is 1. The molecular formula is C9H6IN5. The van der Waals surface area contributed by atoms with Gasteiger partial charge in [-0.15, -0.1) is 0 Å². The van der Waals surface area contributed by atoms with Crippen molar-refractivity contribution in [3.05, 3.63) is 33.4 Å². The van der Waals surface area contributed by atoms with Gasteiger partial charge in [-0.05, 0) is 35.6 Å². The Kier molecular flexibility index (Phi) is 2.64. The van der Waals surface area contributed by atoms with Crippen molar-refractivity contribution in [1.29, 1.82) is 5.26 Å². The maximum atomic E-state index is 8.77. The minimum atomic E-state index is 0.350. The van der Waals surface area contributed by atoms with E-state index in [2.05, 4.69) is 37.7 Å². The standard InChI is InChI=1S/C9H6IN5/c1-6-2-8(3-11)14-9(13-6)15-5-7(10)4-12-15/h2,4-5H,1H3. The molecule has 2 aromatic rings. The zero-order valence-electron chi connectivity index (χ0n) is 7.85. The van der Waals surface area contributed by atoms with Crippen molar-refractivity contribution in [1.82, 2.24) is 19.7 Å². The minimum Gasteiger partial charge on any atom is -0.216 e. The van der Waals surface area contributed by atoms with E-state index in [1.165, 1.54) is 0 Å². The van der Waals surface area contributed by atoms with Crippen LogP contribution in [-0.4, -0.2) is 19.7 Å². The van der Waals surface area contributed by atoms with Gasteiger partial charge in [-0.2, -0.15) is 10.4 Å². The molecular weight excluding hydrogens is 305 g/mol. The lowest BCUT2D eigenvalue weighted by atomic mass is 10.3. The quantitative estimate of drug-likeness (QED) is 0.748. The van der Waals surface area contributed by atoms with E-state index < -0.39 is 0 Å². The first-order valence-corrected chi connectivity index (χ1v) is 5.23. The highest BCUT2D eigenvalue weighted by atomic mass is 127. The van der Waals surface area contributed by atoms with Crippen LogP contribution < -0.4 is 0 Å². The minimum absolute atomic E-state index is 0.350. The summed E-state index contributed by atoms with van der Waals surface area (Å²) in [6.45, 7) is 1.82. The van der Waals surface area contributed by atoms with E-state index in [1.54, 1.807) is 23.1 Å². The van der Waals surface area contributed by atoms with Crippen LogP contribution in [0, 0.1) is 21.8 Å². The van der Waals surface area contributed by atoms with E-state index in [-0.39, 0.29) is 0 Å². The number of nitriles is 1. The average Bonchev–Trinajstić information content (AvgIpc) is 2.64. The second-order valence-electron chi connectivity index (χ2n) is 2.91. The Hall–Kier alpha value is -1.49. The Labute approximate surface area is 99.9 Å². The van der Waals surface area contributed by atoms with Gasteiger partial charge in [-0.1, -0.05) is 0 Å². The Balaban J connectivity index is 2.54. The summed E-state index contributed by atoms with van der Waals surface area (Å²) in [4.78, 5) is 8.26. The molecule has 0 bridgehead atoms. The maximum absolute atomic E-state index is 8.77. The fourth-order valence-corrected chi connectivity index (χ4v) is 1.51. The first kappa shape index (κ1) is 10.0. The maximum Gasteiger partial charge on any atom is 0.252 e. The summed E-state index contributed by atoms with van der Waals surface area (Å²) in [6, 6.07) is 3.63. The van der Waals surface area contributed by atoms with Gasteiger partial charge in [0.15, 0.2) is 0 Å². The first-order chi connectivity index (χ1) is 7.19. The lowest BCUT2D eigenvalue weighted by molar-refractivity contribution is 0.798. The van der Waals surface area contributed by atoms with Gasteiger partial charge >= 0.3 is 0 Å².